The van der Waals surface area contributed by atoms with Gasteiger partial charge in [0.1, 0.15) is 0 Å². The summed E-state index contributed by atoms with van der Waals surface area (Å²) in [5.74, 6) is 0. The first kappa shape index (κ1) is 9.41. The van der Waals surface area contributed by atoms with Gasteiger partial charge in [-0.15, -0.1) is 11.3 Å². The molecule has 0 unspecified atom stereocenters. The Morgan fingerprint density at radius 3 is 2.92 bits per heavy atom. The maximum absolute atomic E-state index is 10.2. The van der Waals surface area contributed by atoms with Crippen LogP contribution < -0.4 is 0 Å². The quantitative estimate of drug-likeness (QED) is 0.596. The average molecular weight is 248 g/mol. The number of hydrogen-bond acceptors (Lipinski definition) is 3. The fourth-order valence-corrected chi connectivity index (χ4v) is 2.09. The van der Waals surface area contributed by atoms with Crippen LogP contribution in [0.25, 0.3) is 6.08 Å². The minimum absolute atomic E-state index is 0.157. The van der Waals surface area contributed by atoms with Crippen LogP contribution in [0.4, 0.5) is 0 Å². The standard InChI is InChI=1S/C7H6BrNO2S/c1-5(9(10)11)2-7-3-6(8)4-12-7/h2-4H,1H3/b5-2-. The highest BCUT2D eigenvalue weighted by atomic mass is 79.9. The normalized spacial score (nSPS) is 11.7. The van der Waals surface area contributed by atoms with Crippen molar-refractivity contribution in [2.75, 3.05) is 0 Å². The van der Waals surface area contributed by atoms with E-state index in [9.17, 15) is 10.1 Å². The predicted octanol–water partition coefficient (Wildman–Crippen LogP) is 3.15. The lowest BCUT2D eigenvalue weighted by Gasteiger charge is -1.86. The molecule has 0 amide bonds. The number of hydrogen-bond donors (Lipinski definition) is 0. The maximum Gasteiger partial charge on any atom is 0.244 e. The van der Waals surface area contributed by atoms with Crippen molar-refractivity contribution in [1.82, 2.24) is 0 Å². The molecule has 0 N–H and O–H groups in total. The molecule has 0 aromatic carbocycles. The molecular formula is C7H6BrNO2S. The highest BCUT2D eigenvalue weighted by molar-refractivity contribution is 9.10. The predicted molar refractivity (Wildman–Crippen MR) is 52.7 cm³/mol. The zero-order chi connectivity index (χ0) is 9.14. The first-order chi connectivity index (χ1) is 5.59. The van der Waals surface area contributed by atoms with Gasteiger partial charge in [0, 0.05) is 27.7 Å². The van der Waals surface area contributed by atoms with Gasteiger partial charge in [-0.2, -0.15) is 0 Å². The minimum atomic E-state index is -0.395. The molecule has 0 fully saturated rings. The number of halogens is 1. The molecule has 0 aliphatic heterocycles. The van der Waals surface area contributed by atoms with E-state index in [1.165, 1.54) is 18.3 Å². The third kappa shape index (κ3) is 2.42. The lowest BCUT2D eigenvalue weighted by Crippen LogP contribution is -1.91. The van der Waals surface area contributed by atoms with E-state index < -0.39 is 4.92 Å². The van der Waals surface area contributed by atoms with Crippen molar-refractivity contribution >= 4 is 33.3 Å². The number of nitrogens with zero attached hydrogens (tertiary/aromatic N) is 1. The number of allylic oxidation sites excluding steroid dienone is 1. The summed E-state index contributed by atoms with van der Waals surface area (Å²) < 4.78 is 0.954. The van der Waals surface area contributed by atoms with Crippen LogP contribution >= 0.6 is 27.3 Å². The molecule has 64 valence electrons. The van der Waals surface area contributed by atoms with Crippen LogP contribution in [0.5, 0.6) is 0 Å². The summed E-state index contributed by atoms with van der Waals surface area (Å²) in [4.78, 5) is 10.7. The number of rotatable bonds is 2. The van der Waals surface area contributed by atoms with Gasteiger partial charge in [0.25, 0.3) is 0 Å². The van der Waals surface area contributed by atoms with Gasteiger partial charge in [0.05, 0.1) is 4.92 Å². The van der Waals surface area contributed by atoms with Crippen molar-refractivity contribution in [2.24, 2.45) is 0 Å². The third-order valence-electron chi connectivity index (χ3n) is 1.23. The highest BCUT2D eigenvalue weighted by Crippen LogP contribution is 2.21. The van der Waals surface area contributed by atoms with E-state index >= 15 is 0 Å². The van der Waals surface area contributed by atoms with Gasteiger partial charge in [-0.1, -0.05) is 0 Å². The topological polar surface area (TPSA) is 43.1 Å². The second-order valence-electron chi connectivity index (χ2n) is 2.21. The lowest BCUT2D eigenvalue weighted by atomic mass is 10.4. The highest BCUT2D eigenvalue weighted by Gasteiger charge is 2.02. The molecule has 0 spiro atoms. The van der Waals surface area contributed by atoms with E-state index in [2.05, 4.69) is 15.9 Å². The van der Waals surface area contributed by atoms with Gasteiger partial charge in [0.2, 0.25) is 5.70 Å². The minimum Gasteiger partial charge on any atom is -0.259 e. The van der Waals surface area contributed by atoms with Gasteiger partial charge >= 0.3 is 0 Å². The van der Waals surface area contributed by atoms with Crippen LogP contribution in [-0.2, 0) is 0 Å². The molecule has 1 heterocycles. The molecule has 1 aromatic rings. The molecule has 3 nitrogen and oxygen atoms in total. The Balaban J connectivity index is 2.87. The Hall–Kier alpha value is -0.680. The molecule has 0 aliphatic carbocycles. The van der Waals surface area contributed by atoms with Crippen LogP contribution in [0, 0.1) is 10.1 Å². The maximum atomic E-state index is 10.2. The van der Waals surface area contributed by atoms with Crippen molar-refractivity contribution in [3.63, 3.8) is 0 Å². The van der Waals surface area contributed by atoms with Crippen molar-refractivity contribution in [3.8, 4) is 0 Å². The average Bonchev–Trinajstić information content (AvgIpc) is 2.35. The summed E-state index contributed by atoms with van der Waals surface area (Å²) in [7, 11) is 0. The van der Waals surface area contributed by atoms with Crippen molar-refractivity contribution in [3.05, 3.63) is 36.6 Å². The van der Waals surface area contributed by atoms with Gasteiger partial charge in [-0.05, 0) is 22.0 Å². The van der Waals surface area contributed by atoms with Crippen LogP contribution in [0.3, 0.4) is 0 Å². The molecule has 0 saturated carbocycles. The van der Waals surface area contributed by atoms with E-state index in [1.807, 2.05) is 11.4 Å². The molecule has 5 heteroatoms. The smallest absolute Gasteiger partial charge is 0.244 e. The van der Waals surface area contributed by atoms with Crippen LogP contribution in [0.15, 0.2) is 21.6 Å². The molecule has 1 aromatic heterocycles. The van der Waals surface area contributed by atoms with Crippen molar-refractivity contribution in [1.29, 1.82) is 0 Å². The Morgan fingerprint density at radius 1 is 1.83 bits per heavy atom. The Bertz CT molecular complexity index is 332. The third-order valence-corrected chi connectivity index (χ3v) is 2.87. The first-order valence-corrected chi connectivity index (χ1v) is 4.83. The Labute approximate surface area is 82.0 Å². The summed E-state index contributed by atoms with van der Waals surface area (Å²) in [5, 5.41) is 12.1. The molecule has 12 heavy (non-hydrogen) atoms. The largest absolute Gasteiger partial charge is 0.259 e. The molecule has 0 saturated heterocycles. The summed E-state index contributed by atoms with van der Waals surface area (Å²) >= 11 is 4.74. The van der Waals surface area contributed by atoms with Crippen molar-refractivity contribution < 1.29 is 4.92 Å². The molecule has 0 radical (unpaired) electrons. The Kier molecular flexibility index (Phi) is 2.99. The molecule has 0 bridgehead atoms. The van der Waals surface area contributed by atoms with Gasteiger partial charge in [-0.25, -0.2) is 0 Å². The van der Waals surface area contributed by atoms with E-state index in [0.717, 1.165) is 9.35 Å². The Morgan fingerprint density at radius 2 is 2.50 bits per heavy atom. The van der Waals surface area contributed by atoms with E-state index in [4.69, 9.17) is 0 Å². The van der Waals surface area contributed by atoms with Gasteiger partial charge in [-0.3, -0.25) is 10.1 Å². The molecule has 0 aliphatic rings. The second kappa shape index (κ2) is 3.82. The summed E-state index contributed by atoms with van der Waals surface area (Å²) in [5.41, 5.74) is 0.157. The number of nitro groups is 1. The van der Waals surface area contributed by atoms with Crippen molar-refractivity contribution in [2.45, 2.75) is 6.92 Å². The van der Waals surface area contributed by atoms with Crippen LogP contribution in [-0.4, -0.2) is 4.92 Å². The van der Waals surface area contributed by atoms with E-state index in [0.29, 0.717) is 0 Å². The van der Waals surface area contributed by atoms with Crippen LogP contribution in [0.2, 0.25) is 0 Å². The van der Waals surface area contributed by atoms with Gasteiger partial charge in [0.15, 0.2) is 0 Å². The van der Waals surface area contributed by atoms with Crippen LogP contribution in [0.1, 0.15) is 11.8 Å². The zero-order valence-electron chi connectivity index (χ0n) is 6.28. The second-order valence-corrected chi connectivity index (χ2v) is 4.07. The molecular weight excluding hydrogens is 242 g/mol. The lowest BCUT2D eigenvalue weighted by molar-refractivity contribution is -0.422. The summed E-state index contributed by atoms with van der Waals surface area (Å²) in [6.45, 7) is 1.48. The fraction of sp³-hybridized carbons (Fsp3) is 0.143. The number of thiophene rings is 1. The fourth-order valence-electron chi connectivity index (χ4n) is 0.663. The monoisotopic (exact) mass is 247 g/mol. The summed E-state index contributed by atoms with van der Waals surface area (Å²) in [6, 6.07) is 1.84. The SMILES string of the molecule is C/C(=C/c1cc(Br)cs1)[N+](=O)[O-]. The van der Waals surface area contributed by atoms with E-state index in [-0.39, 0.29) is 5.70 Å². The zero-order valence-corrected chi connectivity index (χ0v) is 8.68. The first-order valence-electron chi connectivity index (χ1n) is 3.16. The van der Waals surface area contributed by atoms with E-state index in [1.54, 1.807) is 6.08 Å². The molecule has 1 rings (SSSR count). The van der Waals surface area contributed by atoms with Gasteiger partial charge < -0.3 is 0 Å². The summed E-state index contributed by atoms with van der Waals surface area (Å²) in [6.07, 6.45) is 1.55. The molecule has 0 atom stereocenters.